The van der Waals surface area contributed by atoms with Gasteiger partial charge in [-0.25, -0.2) is 0 Å². The van der Waals surface area contributed by atoms with Gasteiger partial charge >= 0.3 is 0 Å². The fourth-order valence-corrected chi connectivity index (χ4v) is 2.98. The van der Waals surface area contributed by atoms with Crippen LogP contribution in [0.25, 0.3) is 0 Å². The molecule has 0 radical (unpaired) electrons. The number of nitrogens with one attached hydrogen (secondary N) is 1. The minimum Gasteiger partial charge on any atom is -0.497 e. The van der Waals surface area contributed by atoms with Gasteiger partial charge in [-0.3, -0.25) is 0 Å². The zero-order valence-corrected chi connectivity index (χ0v) is 12.6. The third-order valence-electron chi connectivity index (χ3n) is 4.01. The average Bonchev–Trinajstić information content (AvgIpc) is 2.90. The number of hydrogen-bond donors (Lipinski definition) is 1. The molecule has 3 rings (SSSR count). The van der Waals surface area contributed by atoms with Gasteiger partial charge in [-0.15, -0.1) is 0 Å². The molecule has 21 heavy (non-hydrogen) atoms. The van der Waals surface area contributed by atoms with Crippen LogP contribution in [0.5, 0.6) is 5.75 Å². The van der Waals surface area contributed by atoms with E-state index in [1.54, 1.807) is 14.2 Å². The quantitative estimate of drug-likeness (QED) is 0.901. The zero-order valence-electron chi connectivity index (χ0n) is 12.6. The molecule has 1 N–H and O–H groups in total. The molecule has 2 aromatic rings. The smallest absolute Gasteiger partial charge is 0.119 e. The summed E-state index contributed by atoms with van der Waals surface area (Å²) in [6.07, 6.45) is 2.24. The van der Waals surface area contributed by atoms with E-state index in [1.807, 2.05) is 6.07 Å². The molecule has 1 aliphatic rings. The van der Waals surface area contributed by atoms with Gasteiger partial charge in [-0.1, -0.05) is 18.2 Å². The van der Waals surface area contributed by atoms with Crippen molar-refractivity contribution in [3.63, 3.8) is 0 Å². The first-order chi connectivity index (χ1) is 10.3. The summed E-state index contributed by atoms with van der Waals surface area (Å²) in [6, 6.07) is 15.1. The van der Waals surface area contributed by atoms with Gasteiger partial charge in [0.05, 0.1) is 19.8 Å². The highest BCUT2D eigenvalue weighted by molar-refractivity contribution is 5.51. The molecule has 1 atom stereocenters. The van der Waals surface area contributed by atoms with E-state index in [0.717, 1.165) is 24.3 Å². The van der Waals surface area contributed by atoms with E-state index in [1.165, 1.54) is 16.7 Å². The summed E-state index contributed by atoms with van der Waals surface area (Å²) in [5, 5.41) is 3.64. The Balaban J connectivity index is 1.80. The molecule has 110 valence electrons. The largest absolute Gasteiger partial charge is 0.497 e. The van der Waals surface area contributed by atoms with E-state index in [9.17, 15) is 0 Å². The Morgan fingerprint density at radius 3 is 2.86 bits per heavy atom. The fraction of sp³-hybridized carbons (Fsp3) is 0.333. The Morgan fingerprint density at radius 2 is 2.05 bits per heavy atom. The molecule has 3 heteroatoms. The molecule has 3 nitrogen and oxygen atoms in total. The van der Waals surface area contributed by atoms with Crippen LogP contribution in [0.15, 0.2) is 42.5 Å². The van der Waals surface area contributed by atoms with Crippen LogP contribution >= 0.6 is 0 Å². The average molecular weight is 283 g/mol. The number of rotatable bonds is 5. The molecule has 0 aliphatic heterocycles. The summed E-state index contributed by atoms with van der Waals surface area (Å²) in [5.74, 6) is 0.926. The van der Waals surface area contributed by atoms with Crippen LogP contribution < -0.4 is 10.1 Å². The number of fused-ring (bicyclic) bond motifs is 1. The Morgan fingerprint density at radius 1 is 1.14 bits per heavy atom. The van der Waals surface area contributed by atoms with Gasteiger partial charge in [-0.05, 0) is 53.8 Å². The third-order valence-corrected chi connectivity index (χ3v) is 4.01. The Bertz CT molecular complexity index is 624. The lowest BCUT2D eigenvalue weighted by Crippen LogP contribution is -2.07. The standard InChI is InChI=1S/C18H21NO2/c1-20-12-13-4-3-5-15(10-13)19-18-9-7-14-6-8-16(21-2)11-17(14)18/h3-6,8,10-11,18-19H,7,9,12H2,1-2H3. The predicted molar refractivity (Wildman–Crippen MR) is 84.8 cm³/mol. The van der Waals surface area contributed by atoms with E-state index in [0.29, 0.717) is 12.6 Å². The predicted octanol–water partition coefficient (Wildman–Crippen LogP) is 3.94. The Hall–Kier alpha value is -2.00. The summed E-state index contributed by atoms with van der Waals surface area (Å²) in [4.78, 5) is 0. The summed E-state index contributed by atoms with van der Waals surface area (Å²) in [7, 11) is 3.44. The van der Waals surface area contributed by atoms with Gasteiger partial charge in [0.25, 0.3) is 0 Å². The zero-order chi connectivity index (χ0) is 14.7. The lowest BCUT2D eigenvalue weighted by molar-refractivity contribution is 0.185. The van der Waals surface area contributed by atoms with Crippen molar-refractivity contribution in [1.29, 1.82) is 0 Å². The molecular weight excluding hydrogens is 262 g/mol. The molecule has 0 saturated carbocycles. The lowest BCUT2D eigenvalue weighted by atomic mass is 10.1. The minimum absolute atomic E-state index is 0.355. The Kier molecular flexibility index (Phi) is 4.11. The van der Waals surface area contributed by atoms with Crippen molar-refractivity contribution in [3.8, 4) is 5.75 Å². The van der Waals surface area contributed by atoms with Crippen molar-refractivity contribution in [2.24, 2.45) is 0 Å². The van der Waals surface area contributed by atoms with Crippen molar-refractivity contribution in [2.75, 3.05) is 19.5 Å². The van der Waals surface area contributed by atoms with Gasteiger partial charge in [0.2, 0.25) is 0 Å². The highest BCUT2D eigenvalue weighted by Crippen LogP contribution is 2.36. The molecule has 1 unspecified atom stereocenters. The van der Waals surface area contributed by atoms with Crippen LogP contribution in [0.3, 0.4) is 0 Å². The Labute approximate surface area is 125 Å². The third kappa shape index (κ3) is 3.03. The highest BCUT2D eigenvalue weighted by atomic mass is 16.5. The van der Waals surface area contributed by atoms with Crippen LogP contribution in [0.1, 0.15) is 29.2 Å². The molecular formula is C18H21NO2. The first kappa shape index (κ1) is 14.0. The van der Waals surface area contributed by atoms with Crippen molar-refractivity contribution >= 4 is 5.69 Å². The van der Waals surface area contributed by atoms with Crippen LogP contribution in [-0.4, -0.2) is 14.2 Å². The number of aryl methyl sites for hydroxylation is 1. The molecule has 0 heterocycles. The minimum atomic E-state index is 0.355. The maximum absolute atomic E-state index is 5.34. The lowest BCUT2D eigenvalue weighted by Gasteiger charge is -2.17. The first-order valence-corrected chi connectivity index (χ1v) is 7.31. The van der Waals surface area contributed by atoms with Gasteiger partial charge in [0, 0.05) is 12.8 Å². The number of hydrogen-bond acceptors (Lipinski definition) is 3. The summed E-state index contributed by atoms with van der Waals surface area (Å²) in [6.45, 7) is 0.643. The molecule has 2 aromatic carbocycles. The normalized spacial score (nSPS) is 16.6. The molecule has 0 fully saturated rings. The molecule has 1 aliphatic carbocycles. The van der Waals surface area contributed by atoms with Crippen molar-refractivity contribution in [2.45, 2.75) is 25.5 Å². The molecule has 0 bridgehead atoms. The second kappa shape index (κ2) is 6.19. The summed E-state index contributed by atoms with van der Waals surface area (Å²) < 4.78 is 10.5. The van der Waals surface area contributed by atoms with E-state index in [-0.39, 0.29) is 0 Å². The summed E-state index contributed by atoms with van der Waals surface area (Å²) in [5.41, 5.74) is 5.10. The monoisotopic (exact) mass is 283 g/mol. The van der Waals surface area contributed by atoms with Gasteiger partial charge in [0.1, 0.15) is 5.75 Å². The van der Waals surface area contributed by atoms with Gasteiger partial charge in [0.15, 0.2) is 0 Å². The van der Waals surface area contributed by atoms with Crippen LogP contribution in [0, 0.1) is 0 Å². The van der Waals surface area contributed by atoms with Crippen LogP contribution in [0.4, 0.5) is 5.69 Å². The van der Waals surface area contributed by atoms with E-state index >= 15 is 0 Å². The number of methoxy groups -OCH3 is 2. The fourth-order valence-electron chi connectivity index (χ4n) is 2.98. The SMILES string of the molecule is COCc1cccc(NC2CCc3ccc(OC)cc32)c1. The molecule has 0 saturated heterocycles. The van der Waals surface area contributed by atoms with E-state index < -0.39 is 0 Å². The van der Waals surface area contributed by atoms with Crippen molar-refractivity contribution in [1.82, 2.24) is 0 Å². The topological polar surface area (TPSA) is 30.5 Å². The van der Waals surface area contributed by atoms with Crippen LogP contribution in [0.2, 0.25) is 0 Å². The highest BCUT2D eigenvalue weighted by Gasteiger charge is 2.22. The molecule has 0 aromatic heterocycles. The van der Waals surface area contributed by atoms with E-state index in [4.69, 9.17) is 9.47 Å². The first-order valence-electron chi connectivity index (χ1n) is 7.31. The van der Waals surface area contributed by atoms with Gasteiger partial charge in [-0.2, -0.15) is 0 Å². The molecule has 0 spiro atoms. The maximum atomic E-state index is 5.34. The second-order valence-electron chi connectivity index (χ2n) is 5.43. The molecule has 0 amide bonds. The van der Waals surface area contributed by atoms with Crippen molar-refractivity contribution < 1.29 is 9.47 Å². The van der Waals surface area contributed by atoms with Crippen LogP contribution in [-0.2, 0) is 17.8 Å². The van der Waals surface area contributed by atoms with Gasteiger partial charge < -0.3 is 14.8 Å². The number of ether oxygens (including phenoxy) is 2. The number of anilines is 1. The second-order valence-corrected chi connectivity index (χ2v) is 5.43. The van der Waals surface area contributed by atoms with E-state index in [2.05, 4.69) is 41.7 Å². The van der Waals surface area contributed by atoms with Crippen molar-refractivity contribution in [3.05, 3.63) is 59.2 Å². The number of benzene rings is 2. The maximum Gasteiger partial charge on any atom is 0.119 e. The summed E-state index contributed by atoms with van der Waals surface area (Å²) >= 11 is 0.